The number of sulfonamides is 1. The van der Waals surface area contributed by atoms with Gasteiger partial charge in [-0.05, 0) is 43.9 Å². The van der Waals surface area contributed by atoms with Crippen molar-refractivity contribution < 1.29 is 17.9 Å². The van der Waals surface area contributed by atoms with Crippen LogP contribution >= 0.6 is 0 Å². The summed E-state index contributed by atoms with van der Waals surface area (Å²) in [6.45, 7) is 4.44. The van der Waals surface area contributed by atoms with Crippen molar-refractivity contribution in [1.82, 2.24) is 4.72 Å². The van der Waals surface area contributed by atoms with E-state index in [1.165, 1.54) is 6.42 Å². The fourth-order valence-electron chi connectivity index (χ4n) is 3.37. The van der Waals surface area contributed by atoms with Gasteiger partial charge in [-0.15, -0.1) is 0 Å². The normalized spacial score (nSPS) is 24.2. The zero-order chi connectivity index (χ0) is 16.5. The lowest BCUT2D eigenvalue weighted by Crippen LogP contribution is -2.37. The Morgan fingerprint density at radius 1 is 1.22 bits per heavy atom. The quantitative estimate of drug-likeness (QED) is 0.916. The van der Waals surface area contributed by atoms with Gasteiger partial charge in [0.1, 0.15) is 0 Å². The molecule has 1 atom stereocenters. The molecule has 1 aromatic carbocycles. The van der Waals surface area contributed by atoms with Gasteiger partial charge in [-0.1, -0.05) is 18.6 Å². The predicted molar refractivity (Wildman–Crippen MR) is 87.7 cm³/mol. The number of nitrogens with one attached hydrogen (secondary N) is 1. The zero-order valence-corrected chi connectivity index (χ0v) is 14.6. The minimum atomic E-state index is -3.53. The first-order valence-corrected chi connectivity index (χ1v) is 9.78. The van der Waals surface area contributed by atoms with Gasteiger partial charge in [0.15, 0.2) is 5.79 Å². The summed E-state index contributed by atoms with van der Waals surface area (Å²) in [5.41, 5.74) is 1.75. The van der Waals surface area contributed by atoms with Gasteiger partial charge in [0.05, 0.1) is 17.6 Å². The third kappa shape index (κ3) is 3.60. The minimum Gasteiger partial charge on any atom is -0.347 e. The molecule has 1 aromatic rings. The van der Waals surface area contributed by atoms with E-state index in [9.17, 15) is 8.42 Å². The van der Waals surface area contributed by atoms with Gasteiger partial charge >= 0.3 is 0 Å². The monoisotopic (exact) mass is 339 g/mol. The SMILES string of the molecule is Cc1cccc(S(=O)(=O)NC[C@@H]2COC3(CCCCC3)O2)c1C. The summed E-state index contributed by atoms with van der Waals surface area (Å²) in [4.78, 5) is 0.337. The van der Waals surface area contributed by atoms with Crippen LogP contribution in [0.3, 0.4) is 0 Å². The van der Waals surface area contributed by atoms with Gasteiger partial charge in [0.25, 0.3) is 0 Å². The average Bonchev–Trinajstić information content (AvgIpc) is 2.91. The lowest BCUT2D eigenvalue weighted by molar-refractivity contribution is -0.186. The molecule has 2 fully saturated rings. The van der Waals surface area contributed by atoms with Gasteiger partial charge in [-0.3, -0.25) is 0 Å². The second-order valence-corrected chi connectivity index (χ2v) is 8.31. The fourth-order valence-corrected chi connectivity index (χ4v) is 4.75. The van der Waals surface area contributed by atoms with Crippen molar-refractivity contribution in [2.75, 3.05) is 13.2 Å². The summed E-state index contributed by atoms with van der Waals surface area (Å²) < 4.78 is 39.6. The maximum absolute atomic E-state index is 12.5. The zero-order valence-electron chi connectivity index (χ0n) is 13.8. The summed E-state index contributed by atoms with van der Waals surface area (Å²) in [5, 5.41) is 0. The van der Waals surface area contributed by atoms with E-state index >= 15 is 0 Å². The first-order chi connectivity index (χ1) is 10.9. The average molecular weight is 339 g/mol. The van der Waals surface area contributed by atoms with Gasteiger partial charge < -0.3 is 9.47 Å². The first kappa shape index (κ1) is 16.9. The van der Waals surface area contributed by atoms with Crippen LogP contribution in [0.4, 0.5) is 0 Å². The van der Waals surface area contributed by atoms with E-state index in [-0.39, 0.29) is 12.6 Å². The molecule has 3 rings (SSSR count). The maximum Gasteiger partial charge on any atom is 0.240 e. The van der Waals surface area contributed by atoms with Crippen LogP contribution in [0, 0.1) is 13.8 Å². The molecule has 1 N–H and O–H groups in total. The van der Waals surface area contributed by atoms with Gasteiger partial charge in [-0.2, -0.15) is 0 Å². The number of rotatable bonds is 4. The lowest BCUT2D eigenvalue weighted by atomic mass is 9.94. The van der Waals surface area contributed by atoms with Crippen molar-refractivity contribution in [1.29, 1.82) is 0 Å². The Morgan fingerprint density at radius 3 is 2.70 bits per heavy atom. The molecule has 0 bridgehead atoms. The molecule has 128 valence electrons. The number of benzene rings is 1. The van der Waals surface area contributed by atoms with E-state index in [4.69, 9.17) is 9.47 Å². The molecule has 0 unspecified atom stereocenters. The highest BCUT2D eigenvalue weighted by Gasteiger charge is 2.42. The largest absolute Gasteiger partial charge is 0.347 e. The molecule has 0 amide bonds. The molecule has 1 spiro atoms. The Kier molecular flexibility index (Phi) is 4.78. The van der Waals surface area contributed by atoms with E-state index in [0.717, 1.165) is 36.8 Å². The van der Waals surface area contributed by atoms with Crippen LogP contribution in [0.1, 0.15) is 43.2 Å². The van der Waals surface area contributed by atoms with Crippen molar-refractivity contribution >= 4 is 10.0 Å². The standard InChI is InChI=1S/C17H25NO4S/c1-13-7-6-8-16(14(13)2)23(19,20)18-11-15-12-21-17(22-15)9-4-3-5-10-17/h6-8,15,18H,3-5,9-12H2,1-2H3/t15-/m1/s1. The van der Waals surface area contributed by atoms with Crippen LogP contribution < -0.4 is 4.72 Å². The summed E-state index contributed by atoms with van der Waals surface area (Å²) >= 11 is 0. The number of hydrogen-bond acceptors (Lipinski definition) is 4. The molecule has 5 nitrogen and oxygen atoms in total. The molecule has 0 radical (unpaired) electrons. The molecule has 0 aromatic heterocycles. The van der Waals surface area contributed by atoms with Crippen LogP contribution in [-0.2, 0) is 19.5 Å². The van der Waals surface area contributed by atoms with E-state index in [1.54, 1.807) is 12.1 Å². The van der Waals surface area contributed by atoms with Crippen LogP contribution in [-0.4, -0.2) is 33.5 Å². The molecule has 1 saturated heterocycles. The molecular weight excluding hydrogens is 314 g/mol. The lowest BCUT2D eigenvalue weighted by Gasteiger charge is -2.31. The van der Waals surface area contributed by atoms with E-state index in [1.807, 2.05) is 19.9 Å². The van der Waals surface area contributed by atoms with E-state index in [0.29, 0.717) is 11.5 Å². The third-order valence-corrected chi connectivity index (χ3v) is 6.44. The van der Waals surface area contributed by atoms with Crippen molar-refractivity contribution in [3.63, 3.8) is 0 Å². The van der Waals surface area contributed by atoms with Crippen molar-refractivity contribution in [3.8, 4) is 0 Å². The highest BCUT2D eigenvalue weighted by molar-refractivity contribution is 7.89. The first-order valence-electron chi connectivity index (χ1n) is 8.30. The summed E-state index contributed by atoms with van der Waals surface area (Å²) in [6, 6.07) is 5.32. The Hall–Kier alpha value is -0.950. The van der Waals surface area contributed by atoms with Gasteiger partial charge in [0, 0.05) is 19.4 Å². The van der Waals surface area contributed by atoms with Crippen LogP contribution in [0.5, 0.6) is 0 Å². The van der Waals surface area contributed by atoms with Gasteiger partial charge in [-0.25, -0.2) is 13.1 Å². The summed E-state index contributed by atoms with van der Waals surface area (Å²) in [7, 11) is -3.53. The van der Waals surface area contributed by atoms with Crippen LogP contribution in [0.25, 0.3) is 0 Å². The molecule has 1 heterocycles. The Balaban J connectivity index is 1.63. The third-order valence-electron chi connectivity index (χ3n) is 4.87. The van der Waals surface area contributed by atoms with Crippen molar-refractivity contribution in [2.24, 2.45) is 0 Å². The summed E-state index contributed by atoms with van der Waals surface area (Å²) in [5.74, 6) is -0.465. The topological polar surface area (TPSA) is 64.6 Å². The molecular formula is C17H25NO4S. The molecule has 2 aliphatic rings. The number of hydrogen-bond donors (Lipinski definition) is 1. The molecule has 23 heavy (non-hydrogen) atoms. The Labute approximate surface area is 138 Å². The number of aryl methyl sites for hydroxylation is 1. The van der Waals surface area contributed by atoms with E-state index < -0.39 is 15.8 Å². The van der Waals surface area contributed by atoms with Crippen molar-refractivity contribution in [2.45, 2.75) is 62.7 Å². The maximum atomic E-state index is 12.5. The smallest absolute Gasteiger partial charge is 0.240 e. The second-order valence-electron chi connectivity index (χ2n) is 6.57. The Morgan fingerprint density at radius 2 is 1.96 bits per heavy atom. The Bertz CT molecular complexity index is 665. The fraction of sp³-hybridized carbons (Fsp3) is 0.647. The molecule has 1 saturated carbocycles. The molecule has 1 aliphatic heterocycles. The summed E-state index contributed by atoms with van der Waals surface area (Å²) in [6.07, 6.45) is 5.05. The van der Waals surface area contributed by atoms with Gasteiger partial charge in [0.2, 0.25) is 10.0 Å². The highest BCUT2D eigenvalue weighted by atomic mass is 32.2. The molecule has 6 heteroatoms. The second kappa shape index (κ2) is 6.51. The predicted octanol–water partition coefficient (Wildman–Crippen LogP) is 2.66. The number of ether oxygens (including phenoxy) is 2. The van der Waals surface area contributed by atoms with Crippen LogP contribution in [0.2, 0.25) is 0 Å². The van der Waals surface area contributed by atoms with Crippen LogP contribution in [0.15, 0.2) is 23.1 Å². The van der Waals surface area contributed by atoms with Crippen molar-refractivity contribution in [3.05, 3.63) is 29.3 Å². The van der Waals surface area contributed by atoms with E-state index in [2.05, 4.69) is 4.72 Å². The highest BCUT2D eigenvalue weighted by Crippen LogP contribution is 2.37. The molecule has 1 aliphatic carbocycles. The minimum absolute atomic E-state index is 0.215.